The molecule has 0 bridgehead atoms. The molecule has 0 aromatic heterocycles. The molecule has 0 aromatic carbocycles. The number of aliphatic hydroxyl groups excluding tert-OH is 4. The molecule has 0 aromatic rings. The van der Waals surface area contributed by atoms with Crippen molar-refractivity contribution >= 4 is 0 Å². The third-order valence-corrected chi connectivity index (χ3v) is 4.29. The Morgan fingerprint density at radius 3 is 1.89 bits per heavy atom. The highest BCUT2D eigenvalue weighted by Gasteiger charge is 2.46. The van der Waals surface area contributed by atoms with Gasteiger partial charge < -0.3 is 30.3 Å². The van der Waals surface area contributed by atoms with E-state index in [2.05, 4.69) is 0 Å². The molecule has 1 fully saturated rings. The molecule has 0 spiro atoms. The molecule has 1 heterocycles. The average molecular weight is 278 g/mol. The maximum absolute atomic E-state index is 10.3. The molecule has 5 N–H and O–H groups in total. The predicted octanol–water partition coefficient (Wildman–Crippen LogP) is -0.982. The Morgan fingerprint density at radius 1 is 0.947 bits per heavy atom. The van der Waals surface area contributed by atoms with E-state index in [1.165, 1.54) is 0 Å². The molecule has 0 radical (unpaired) electrons. The fraction of sp³-hybridized carbons (Fsp3) is 1.00. The van der Waals surface area contributed by atoms with Crippen LogP contribution in [0.2, 0.25) is 0 Å². The monoisotopic (exact) mass is 278 g/mol. The first-order chi connectivity index (χ1) is 8.92. The van der Waals surface area contributed by atoms with Crippen molar-refractivity contribution < 1.29 is 30.3 Å². The van der Waals surface area contributed by atoms with Crippen LogP contribution >= 0.6 is 0 Å². The SMILES string of the molecule is CCC(O)(CC)CC1C(CO)OC(CO)C(O)C1O. The second-order valence-electron chi connectivity index (χ2n) is 5.36. The van der Waals surface area contributed by atoms with Crippen LogP contribution in [0.3, 0.4) is 0 Å². The van der Waals surface area contributed by atoms with Gasteiger partial charge in [-0.15, -0.1) is 0 Å². The lowest BCUT2D eigenvalue weighted by Crippen LogP contribution is -2.58. The number of rotatable bonds is 6. The molecule has 5 atom stereocenters. The molecule has 6 heteroatoms. The van der Waals surface area contributed by atoms with Crippen molar-refractivity contribution in [3.05, 3.63) is 0 Å². The largest absolute Gasteiger partial charge is 0.394 e. The van der Waals surface area contributed by atoms with Crippen molar-refractivity contribution in [1.82, 2.24) is 0 Å². The van der Waals surface area contributed by atoms with Crippen LogP contribution in [0.1, 0.15) is 33.1 Å². The van der Waals surface area contributed by atoms with Gasteiger partial charge in [-0.05, 0) is 19.3 Å². The van der Waals surface area contributed by atoms with Crippen LogP contribution in [0.15, 0.2) is 0 Å². The summed E-state index contributed by atoms with van der Waals surface area (Å²) in [5.74, 6) is -0.562. The number of hydrogen-bond acceptors (Lipinski definition) is 6. The summed E-state index contributed by atoms with van der Waals surface area (Å²) in [6, 6.07) is 0. The van der Waals surface area contributed by atoms with Crippen LogP contribution in [0.4, 0.5) is 0 Å². The van der Waals surface area contributed by atoms with Crippen LogP contribution in [-0.4, -0.2) is 68.8 Å². The van der Waals surface area contributed by atoms with Gasteiger partial charge >= 0.3 is 0 Å². The van der Waals surface area contributed by atoms with E-state index in [0.29, 0.717) is 12.8 Å². The summed E-state index contributed by atoms with van der Waals surface area (Å²) in [5.41, 5.74) is -0.950. The molecular weight excluding hydrogens is 252 g/mol. The van der Waals surface area contributed by atoms with Crippen molar-refractivity contribution in [2.45, 2.75) is 63.1 Å². The van der Waals surface area contributed by atoms with Gasteiger partial charge in [0.05, 0.1) is 31.0 Å². The fourth-order valence-electron chi connectivity index (χ4n) is 2.66. The zero-order valence-corrected chi connectivity index (χ0v) is 11.6. The average Bonchev–Trinajstić information content (AvgIpc) is 2.44. The minimum absolute atomic E-state index is 0.238. The molecule has 1 aliphatic rings. The van der Waals surface area contributed by atoms with Crippen LogP contribution in [0.5, 0.6) is 0 Å². The first-order valence-electron chi connectivity index (χ1n) is 6.88. The predicted molar refractivity (Wildman–Crippen MR) is 68.5 cm³/mol. The zero-order chi connectivity index (χ0) is 14.6. The second-order valence-corrected chi connectivity index (χ2v) is 5.36. The van der Waals surface area contributed by atoms with Gasteiger partial charge in [0.15, 0.2) is 0 Å². The van der Waals surface area contributed by atoms with Gasteiger partial charge in [0, 0.05) is 5.92 Å². The summed E-state index contributed by atoms with van der Waals surface area (Å²) < 4.78 is 5.39. The van der Waals surface area contributed by atoms with Crippen molar-refractivity contribution in [3.63, 3.8) is 0 Å². The van der Waals surface area contributed by atoms with E-state index in [1.54, 1.807) is 0 Å². The summed E-state index contributed by atoms with van der Waals surface area (Å²) in [6.45, 7) is 2.95. The normalized spacial score (nSPS) is 36.5. The van der Waals surface area contributed by atoms with Gasteiger partial charge in [-0.2, -0.15) is 0 Å². The number of aliphatic hydroxyl groups is 5. The first-order valence-corrected chi connectivity index (χ1v) is 6.88. The van der Waals surface area contributed by atoms with E-state index in [-0.39, 0.29) is 13.0 Å². The third-order valence-electron chi connectivity index (χ3n) is 4.29. The van der Waals surface area contributed by atoms with Crippen LogP contribution in [0, 0.1) is 5.92 Å². The highest BCUT2D eigenvalue weighted by Crippen LogP contribution is 2.34. The van der Waals surface area contributed by atoms with E-state index < -0.39 is 42.5 Å². The van der Waals surface area contributed by atoms with E-state index in [4.69, 9.17) is 9.84 Å². The van der Waals surface area contributed by atoms with E-state index >= 15 is 0 Å². The topological polar surface area (TPSA) is 110 Å². The molecule has 1 saturated heterocycles. The third kappa shape index (κ3) is 3.65. The van der Waals surface area contributed by atoms with E-state index in [9.17, 15) is 20.4 Å². The summed E-state index contributed by atoms with van der Waals surface area (Å²) in [7, 11) is 0. The Kier molecular flexibility index (Phi) is 6.16. The maximum Gasteiger partial charge on any atom is 0.109 e. The minimum Gasteiger partial charge on any atom is -0.394 e. The summed E-state index contributed by atoms with van der Waals surface area (Å²) in [6.07, 6.45) is -2.67. The number of ether oxygens (including phenoxy) is 1. The standard InChI is InChI=1S/C13H26O6/c1-3-13(18,4-2)5-8-9(6-14)19-10(7-15)12(17)11(8)16/h8-12,14-18H,3-7H2,1-2H3. The van der Waals surface area contributed by atoms with Crippen molar-refractivity contribution in [2.24, 2.45) is 5.92 Å². The zero-order valence-electron chi connectivity index (χ0n) is 11.6. The molecule has 6 nitrogen and oxygen atoms in total. The maximum atomic E-state index is 10.3. The van der Waals surface area contributed by atoms with Gasteiger partial charge in [0.1, 0.15) is 12.2 Å². The van der Waals surface area contributed by atoms with Crippen LogP contribution in [0.25, 0.3) is 0 Å². The Morgan fingerprint density at radius 2 is 1.47 bits per heavy atom. The molecule has 0 amide bonds. The van der Waals surface area contributed by atoms with Crippen molar-refractivity contribution in [2.75, 3.05) is 13.2 Å². The van der Waals surface area contributed by atoms with Gasteiger partial charge in [-0.25, -0.2) is 0 Å². The molecule has 1 rings (SSSR count). The summed E-state index contributed by atoms with van der Waals surface area (Å²) in [5, 5.41) is 48.8. The molecule has 0 saturated carbocycles. The van der Waals surface area contributed by atoms with E-state index in [0.717, 1.165) is 0 Å². The quantitative estimate of drug-likeness (QED) is 0.427. The van der Waals surface area contributed by atoms with Gasteiger partial charge in [0.25, 0.3) is 0 Å². The van der Waals surface area contributed by atoms with Crippen molar-refractivity contribution in [3.8, 4) is 0 Å². The second kappa shape index (κ2) is 6.97. The van der Waals surface area contributed by atoms with Gasteiger partial charge in [-0.1, -0.05) is 13.8 Å². The molecule has 0 aliphatic carbocycles. The highest BCUT2D eigenvalue weighted by molar-refractivity contribution is 4.95. The molecule has 19 heavy (non-hydrogen) atoms. The van der Waals surface area contributed by atoms with Crippen LogP contribution < -0.4 is 0 Å². The smallest absolute Gasteiger partial charge is 0.109 e. The molecule has 1 aliphatic heterocycles. The summed E-state index contributed by atoms with van der Waals surface area (Å²) >= 11 is 0. The van der Waals surface area contributed by atoms with E-state index in [1.807, 2.05) is 13.8 Å². The Labute approximate surface area is 113 Å². The lowest BCUT2D eigenvalue weighted by Gasteiger charge is -2.44. The molecule has 114 valence electrons. The fourth-order valence-corrected chi connectivity index (χ4v) is 2.66. The number of hydrogen-bond donors (Lipinski definition) is 5. The highest BCUT2D eigenvalue weighted by atomic mass is 16.5. The summed E-state index contributed by atoms with van der Waals surface area (Å²) in [4.78, 5) is 0. The Hall–Kier alpha value is -0.240. The van der Waals surface area contributed by atoms with Gasteiger partial charge in [0.2, 0.25) is 0 Å². The van der Waals surface area contributed by atoms with Gasteiger partial charge in [-0.3, -0.25) is 0 Å². The molecule has 5 unspecified atom stereocenters. The lowest BCUT2D eigenvalue weighted by atomic mass is 9.77. The minimum atomic E-state index is -1.21. The van der Waals surface area contributed by atoms with Crippen LogP contribution in [-0.2, 0) is 4.74 Å². The Balaban J connectivity index is 2.84. The lowest BCUT2D eigenvalue weighted by molar-refractivity contribution is -0.225. The Bertz CT molecular complexity index is 266. The first kappa shape index (κ1) is 16.8. The molecular formula is C13H26O6. The van der Waals surface area contributed by atoms with Crippen molar-refractivity contribution in [1.29, 1.82) is 0 Å².